The third-order valence-electron chi connectivity index (χ3n) is 3.85. The van der Waals surface area contributed by atoms with Crippen LogP contribution >= 0.6 is 11.8 Å². The zero-order chi connectivity index (χ0) is 13.8. The Kier molecular flexibility index (Phi) is 4.42. The zero-order valence-electron chi connectivity index (χ0n) is 11.4. The number of piperidine rings is 1. The molecule has 108 valence electrons. The van der Waals surface area contributed by atoms with Gasteiger partial charge in [0.25, 0.3) is 0 Å². The van der Waals surface area contributed by atoms with Gasteiger partial charge in [-0.1, -0.05) is 6.07 Å². The Morgan fingerprint density at radius 3 is 2.90 bits per heavy atom. The lowest BCUT2D eigenvalue weighted by Gasteiger charge is -2.33. The molecule has 1 unspecified atom stereocenters. The van der Waals surface area contributed by atoms with E-state index in [0.29, 0.717) is 6.04 Å². The average molecular weight is 292 g/mol. The van der Waals surface area contributed by atoms with Crippen LogP contribution in [0.15, 0.2) is 24.4 Å². The molecule has 2 aliphatic heterocycles. The van der Waals surface area contributed by atoms with E-state index in [9.17, 15) is 4.79 Å². The highest BCUT2D eigenvalue weighted by molar-refractivity contribution is 7.99. The quantitative estimate of drug-likeness (QED) is 0.864. The van der Waals surface area contributed by atoms with Crippen LogP contribution in [-0.4, -0.2) is 47.7 Å². The van der Waals surface area contributed by atoms with Crippen LogP contribution in [0.4, 0.5) is 5.82 Å². The number of pyridine rings is 1. The summed E-state index contributed by atoms with van der Waals surface area (Å²) < 4.78 is 0. The summed E-state index contributed by atoms with van der Waals surface area (Å²) in [4.78, 5) is 18.7. The maximum Gasteiger partial charge on any atom is 0.238 e. The van der Waals surface area contributed by atoms with Crippen molar-refractivity contribution in [2.45, 2.75) is 24.9 Å². The van der Waals surface area contributed by atoms with E-state index in [1.54, 1.807) is 11.8 Å². The van der Waals surface area contributed by atoms with E-state index >= 15 is 0 Å². The number of hydrogen-bond acceptors (Lipinski definition) is 5. The van der Waals surface area contributed by atoms with Crippen LogP contribution in [-0.2, 0) is 4.79 Å². The minimum Gasteiger partial charge on any atom is -0.356 e. The zero-order valence-corrected chi connectivity index (χ0v) is 12.2. The molecule has 6 heteroatoms. The number of thioether (sulfide) groups is 1. The van der Waals surface area contributed by atoms with Crippen LogP contribution in [0.3, 0.4) is 0 Å². The SMILES string of the molecule is O=C(NC1CCN(c2ccccn2)CC1)C1CSCN1. The van der Waals surface area contributed by atoms with Gasteiger partial charge in [-0.05, 0) is 25.0 Å². The molecule has 0 aromatic carbocycles. The lowest BCUT2D eigenvalue weighted by atomic mass is 10.0. The standard InChI is InChI=1S/C14H20N4OS/c19-14(12-9-20-10-16-12)17-11-4-7-18(8-5-11)13-3-1-2-6-15-13/h1-3,6,11-12,16H,4-5,7-10H2,(H,17,19). The molecule has 2 fully saturated rings. The number of carbonyl (C=O) groups excluding carboxylic acids is 1. The first-order valence-corrected chi connectivity index (χ1v) is 8.26. The maximum absolute atomic E-state index is 12.1. The van der Waals surface area contributed by atoms with Crippen LogP contribution < -0.4 is 15.5 Å². The molecule has 0 radical (unpaired) electrons. The van der Waals surface area contributed by atoms with Crippen molar-refractivity contribution in [3.8, 4) is 0 Å². The van der Waals surface area contributed by atoms with Crippen molar-refractivity contribution < 1.29 is 4.79 Å². The predicted octanol–water partition coefficient (Wildman–Crippen LogP) is 0.829. The lowest BCUT2D eigenvalue weighted by molar-refractivity contribution is -0.123. The van der Waals surface area contributed by atoms with Gasteiger partial charge in [-0.15, -0.1) is 11.8 Å². The van der Waals surface area contributed by atoms with E-state index in [1.807, 2.05) is 24.4 Å². The molecule has 1 aromatic heterocycles. The number of amides is 1. The molecule has 5 nitrogen and oxygen atoms in total. The van der Waals surface area contributed by atoms with Crippen molar-refractivity contribution in [1.29, 1.82) is 0 Å². The fraction of sp³-hybridized carbons (Fsp3) is 0.571. The Labute approximate surface area is 123 Å². The third-order valence-corrected chi connectivity index (χ3v) is 4.79. The topological polar surface area (TPSA) is 57.3 Å². The number of aromatic nitrogens is 1. The Morgan fingerprint density at radius 2 is 2.25 bits per heavy atom. The van der Waals surface area contributed by atoms with Crippen LogP contribution in [0.2, 0.25) is 0 Å². The van der Waals surface area contributed by atoms with Gasteiger partial charge in [0.05, 0.1) is 6.04 Å². The van der Waals surface area contributed by atoms with Crippen molar-refractivity contribution in [1.82, 2.24) is 15.6 Å². The Bertz CT molecular complexity index is 442. The second kappa shape index (κ2) is 6.45. The summed E-state index contributed by atoms with van der Waals surface area (Å²) in [6.45, 7) is 1.91. The van der Waals surface area contributed by atoms with E-state index in [4.69, 9.17) is 0 Å². The Morgan fingerprint density at radius 1 is 1.40 bits per heavy atom. The molecule has 0 bridgehead atoms. The van der Waals surface area contributed by atoms with Gasteiger partial charge in [-0.2, -0.15) is 0 Å². The van der Waals surface area contributed by atoms with Crippen molar-refractivity contribution in [3.63, 3.8) is 0 Å². The molecular formula is C14H20N4OS. The summed E-state index contributed by atoms with van der Waals surface area (Å²) >= 11 is 1.78. The van der Waals surface area contributed by atoms with Gasteiger partial charge < -0.3 is 10.2 Å². The third kappa shape index (κ3) is 3.24. The first kappa shape index (κ1) is 13.7. The van der Waals surface area contributed by atoms with Crippen molar-refractivity contribution in [2.75, 3.05) is 29.6 Å². The van der Waals surface area contributed by atoms with Gasteiger partial charge >= 0.3 is 0 Å². The second-order valence-electron chi connectivity index (χ2n) is 5.23. The molecule has 20 heavy (non-hydrogen) atoms. The molecular weight excluding hydrogens is 272 g/mol. The summed E-state index contributed by atoms with van der Waals surface area (Å²) in [7, 11) is 0. The summed E-state index contributed by atoms with van der Waals surface area (Å²) in [5, 5.41) is 6.38. The number of carbonyl (C=O) groups is 1. The highest BCUT2D eigenvalue weighted by atomic mass is 32.2. The smallest absolute Gasteiger partial charge is 0.238 e. The lowest BCUT2D eigenvalue weighted by Crippen LogP contribution is -2.50. The first-order chi connectivity index (χ1) is 9.83. The number of anilines is 1. The van der Waals surface area contributed by atoms with Crippen molar-refractivity contribution in [2.24, 2.45) is 0 Å². The predicted molar refractivity (Wildman–Crippen MR) is 81.9 cm³/mol. The Hall–Kier alpha value is -1.27. The van der Waals surface area contributed by atoms with Gasteiger partial charge in [0.2, 0.25) is 5.91 Å². The molecule has 2 aliphatic rings. The largest absolute Gasteiger partial charge is 0.356 e. The summed E-state index contributed by atoms with van der Waals surface area (Å²) in [6, 6.07) is 6.28. The molecule has 1 amide bonds. The monoisotopic (exact) mass is 292 g/mol. The molecule has 1 atom stereocenters. The second-order valence-corrected chi connectivity index (χ2v) is 6.26. The first-order valence-electron chi connectivity index (χ1n) is 7.10. The molecule has 1 aromatic rings. The number of hydrogen-bond donors (Lipinski definition) is 2. The minimum atomic E-state index is -0.00572. The van der Waals surface area contributed by atoms with Crippen LogP contribution in [0.5, 0.6) is 0 Å². The van der Waals surface area contributed by atoms with E-state index in [2.05, 4.69) is 20.5 Å². The molecule has 0 spiro atoms. The summed E-state index contributed by atoms with van der Waals surface area (Å²) in [5.41, 5.74) is 0. The van der Waals surface area contributed by atoms with E-state index in [0.717, 1.165) is 43.4 Å². The van der Waals surface area contributed by atoms with Crippen LogP contribution in [0.1, 0.15) is 12.8 Å². The number of nitrogens with zero attached hydrogens (tertiary/aromatic N) is 2. The fourth-order valence-electron chi connectivity index (χ4n) is 2.66. The van der Waals surface area contributed by atoms with E-state index < -0.39 is 0 Å². The molecule has 2 saturated heterocycles. The number of rotatable bonds is 3. The van der Waals surface area contributed by atoms with Gasteiger partial charge in [0.1, 0.15) is 5.82 Å². The molecule has 0 saturated carbocycles. The average Bonchev–Trinajstić information content (AvgIpc) is 3.03. The maximum atomic E-state index is 12.1. The highest BCUT2D eigenvalue weighted by Gasteiger charge is 2.26. The van der Waals surface area contributed by atoms with Crippen molar-refractivity contribution in [3.05, 3.63) is 24.4 Å². The molecule has 3 rings (SSSR count). The summed E-state index contributed by atoms with van der Waals surface area (Å²) in [5.74, 6) is 2.96. The molecule has 0 aliphatic carbocycles. The van der Waals surface area contributed by atoms with Crippen LogP contribution in [0.25, 0.3) is 0 Å². The van der Waals surface area contributed by atoms with Gasteiger partial charge in [0, 0.05) is 37.0 Å². The summed E-state index contributed by atoms with van der Waals surface area (Å²) in [6.07, 6.45) is 3.80. The fourth-order valence-corrected chi connectivity index (χ4v) is 3.60. The Balaban J connectivity index is 1.47. The van der Waals surface area contributed by atoms with Crippen molar-refractivity contribution >= 4 is 23.5 Å². The molecule has 2 N–H and O–H groups in total. The van der Waals surface area contributed by atoms with E-state index in [-0.39, 0.29) is 11.9 Å². The van der Waals surface area contributed by atoms with E-state index in [1.165, 1.54) is 0 Å². The highest BCUT2D eigenvalue weighted by Crippen LogP contribution is 2.17. The van der Waals surface area contributed by atoms with Gasteiger partial charge in [-0.25, -0.2) is 4.98 Å². The minimum absolute atomic E-state index is 0.00572. The normalized spacial score (nSPS) is 23.8. The van der Waals surface area contributed by atoms with Gasteiger partial charge in [-0.3, -0.25) is 10.1 Å². The van der Waals surface area contributed by atoms with Gasteiger partial charge in [0.15, 0.2) is 0 Å². The van der Waals surface area contributed by atoms with Crippen LogP contribution in [0, 0.1) is 0 Å². The number of nitrogens with one attached hydrogen (secondary N) is 2. The molecule has 3 heterocycles.